The van der Waals surface area contributed by atoms with E-state index >= 15 is 0 Å². The fourth-order valence-electron chi connectivity index (χ4n) is 5.05. The number of fused-ring (bicyclic) bond motifs is 1. The van der Waals surface area contributed by atoms with Crippen molar-refractivity contribution in [3.8, 4) is 17.2 Å². The van der Waals surface area contributed by atoms with Gasteiger partial charge in [-0.15, -0.1) is 5.53 Å². The van der Waals surface area contributed by atoms with Gasteiger partial charge >= 0.3 is 0 Å². The highest BCUT2D eigenvalue weighted by atomic mass is 35.5. The van der Waals surface area contributed by atoms with E-state index in [9.17, 15) is 5.26 Å². The van der Waals surface area contributed by atoms with Crippen molar-refractivity contribution in [2.75, 3.05) is 17.2 Å². The van der Waals surface area contributed by atoms with Gasteiger partial charge in [-0.05, 0) is 53.1 Å². The Morgan fingerprint density at radius 1 is 1.07 bits per heavy atom. The molecule has 4 N–H and O–H groups in total. The third-order valence-electron chi connectivity index (χ3n) is 7.34. The largest absolute Gasteiger partial charge is 0.383 e. The zero-order valence-electron chi connectivity index (χ0n) is 23.5. The second-order valence-corrected chi connectivity index (χ2v) is 12.4. The number of nitrogens with zero attached hydrogens (tertiary/aromatic N) is 3. The number of nitriles is 1. The van der Waals surface area contributed by atoms with E-state index in [2.05, 4.69) is 113 Å². The Balaban J connectivity index is 1.42. The minimum Gasteiger partial charge on any atom is -0.383 e. The molecule has 208 valence electrons. The highest BCUT2D eigenvalue weighted by Crippen LogP contribution is 2.37. The van der Waals surface area contributed by atoms with Gasteiger partial charge in [-0.1, -0.05) is 80.9 Å². The van der Waals surface area contributed by atoms with Gasteiger partial charge in [0, 0.05) is 36.1 Å². The lowest BCUT2D eigenvalue weighted by molar-refractivity contribution is 0.260. The molecule has 0 amide bonds. The molecule has 7 nitrogen and oxygen atoms in total. The summed E-state index contributed by atoms with van der Waals surface area (Å²) in [4.78, 5) is 4.53. The van der Waals surface area contributed by atoms with Gasteiger partial charge in [-0.2, -0.15) is 5.26 Å². The van der Waals surface area contributed by atoms with E-state index in [0.29, 0.717) is 28.7 Å². The quantitative estimate of drug-likeness (QED) is 0.178. The van der Waals surface area contributed by atoms with Crippen molar-refractivity contribution in [3.05, 3.63) is 101 Å². The van der Waals surface area contributed by atoms with Crippen molar-refractivity contribution >= 4 is 33.9 Å². The summed E-state index contributed by atoms with van der Waals surface area (Å²) < 4.78 is 0. The molecule has 0 unspecified atom stereocenters. The van der Waals surface area contributed by atoms with Crippen molar-refractivity contribution in [2.24, 2.45) is 5.41 Å². The Labute approximate surface area is 246 Å². The van der Waals surface area contributed by atoms with Crippen molar-refractivity contribution in [1.82, 2.24) is 21.0 Å². The van der Waals surface area contributed by atoms with Crippen LogP contribution < -0.4 is 21.6 Å². The number of benzene rings is 3. The van der Waals surface area contributed by atoms with Crippen LogP contribution in [0.1, 0.15) is 50.8 Å². The van der Waals surface area contributed by atoms with Crippen molar-refractivity contribution in [2.45, 2.75) is 45.7 Å². The molecule has 1 aromatic heterocycles. The van der Waals surface area contributed by atoms with Crippen LogP contribution in [0, 0.1) is 16.7 Å². The number of anilines is 2. The van der Waals surface area contributed by atoms with Crippen LogP contribution in [0.4, 0.5) is 11.4 Å². The van der Waals surface area contributed by atoms with Gasteiger partial charge in [0.05, 0.1) is 33.5 Å². The first-order valence-corrected chi connectivity index (χ1v) is 14.4. The molecule has 1 atom stereocenters. The lowest BCUT2D eigenvalue weighted by Gasteiger charge is -2.24. The number of hydrogen-bond donors (Lipinski definition) is 4. The molecule has 0 bridgehead atoms. The van der Waals surface area contributed by atoms with Crippen LogP contribution in [0.15, 0.2) is 84.8 Å². The van der Waals surface area contributed by atoms with Gasteiger partial charge in [-0.3, -0.25) is 9.99 Å². The topological polar surface area (TPSA) is 88.0 Å². The Morgan fingerprint density at radius 2 is 1.85 bits per heavy atom. The maximum absolute atomic E-state index is 9.87. The Bertz CT molecular complexity index is 1650. The molecule has 41 heavy (non-hydrogen) atoms. The van der Waals surface area contributed by atoms with Crippen molar-refractivity contribution in [3.63, 3.8) is 0 Å². The predicted molar refractivity (Wildman–Crippen MR) is 167 cm³/mol. The molecule has 1 fully saturated rings. The van der Waals surface area contributed by atoms with E-state index < -0.39 is 0 Å². The SMILES string of the molecule is CC(C)(C)CNc1c(C#N)cnc2c(Cl)cc(N[C@H](C3=CN(C4CC4)NN3)c3cccc(-c4ccccc4)c3)cc12. The van der Waals surface area contributed by atoms with Gasteiger partial charge in [0.25, 0.3) is 0 Å². The zero-order chi connectivity index (χ0) is 28.6. The average molecular weight is 564 g/mol. The highest BCUT2D eigenvalue weighted by Gasteiger charge is 2.32. The summed E-state index contributed by atoms with van der Waals surface area (Å²) in [6.07, 6.45) is 6.10. The molecule has 1 saturated carbocycles. The number of aromatic nitrogens is 1. The van der Waals surface area contributed by atoms with Crippen LogP contribution in [0.3, 0.4) is 0 Å². The number of pyridine rings is 1. The van der Waals surface area contributed by atoms with Gasteiger partial charge < -0.3 is 16.1 Å². The fourth-order valence-corrected chi connectivity index (χ4v) is 5.32. The van der Waals surface area contributed by atoms with E-state index in [1.165, 1.54) is 12.8 Å². The molecule has 0 saturated heterocycles. The van der Waals surface area contributed by atoms with Crippen molar-refractivity contribution < 1.29 is 0 Å². The molecule has 2 aliphatic rings. The number of hydrogen-bond acceptors (Lipinski definition) is 7. The monoisotopic (exact) mass is 563 g/mol. The first-order valence-electron chi connectivity index (χ1n) is 14.0. The number of hydrazine groups is 2. The molecule has 0 radical (unpaired) electrons. The fraction of sp³-hybridized carbons (Fsp3) is 0.273. The molecule has 8 heteroatoms. The van der Waals surface area contributed by atoms with Gasteiger partial charge in [0.15, 0.2) is 0 Å². The van der Waals surface area contributed by atoms with E-state index in [0.717, 1.165) is 39.1 Å². The Hall–Kier alpha value is -4.25. The summed E-state index contributed by atoms with van der Waals surface area (Å²) in [5, 5.41) is 20.6. The van der Waals surface area contributed by atoms with E-state index in [4.69, 9.17) is 11.6 Å². The maximum atomic E-state index is 9.87. The smallest absolute Gasteiger partial charge is 0.103 e. The molecule has 1 aliphatic carbocycles. The number of nitrogens with one attached hydrogen (secondary N) is 4. The Kier molecular flexibility index (Phi) is 7.21. The van der Waals surface area contributed by atoms with Gasteiger partial charge in [0.2, 0.25) is 0 Å². The molecule has 1 aliphatic heterocycles. The summed E-state index contributed by atoms with van der Waals surface area (Å²) in [5.74, 6) is 0. The molecule has 3 aromatic carbocycles. The second kappa shape index (κ2) is 11.0. The summed E-state index contributed by atoms with van der Waals surface area (Å²) in [6, 6.07) is 25.6. The minimum atomic E-state index is -0.193. The zero-order valence-corrected chi connectivity index (χ0v) is 24.3. The molecule has 4 aromatic rings. The average Bonchev–Trinajstić information content (AvgIpc) is 3.71. The van der Waals surface area contributed by atoms with Crippen LogP contribution in [0.25, 0.3) is 22.0 Å². The molecule has 0 spiro atoms. The predicted octanol–water partition coefficient (Wildman–Crippen LogP) is 7.37. The molecule has 2 heterocycles. The van der Waals surface area contributed by atoms with Crippen LogP contribution in [-0.2, 0) is 0 Å². The van der Waals surface area contributed by atoms with Gasteiger partial charge in [0.1, 0.15) is 6.07 Å². The number of halogens is 1. The van der Waals surface area contributed by atoms with Crippen LogP contribution in [-0.4, -0.2) is 22.6 Å². The first kappa shape index (κ1) is 26.9. The summed E-state index contributed by atoms with van der Waals surface area (Å²) in [6.45, 7) is 7.17. The van der Waals surface area contributed by atoms with Crippen LogP contribution >= 0.6 is 11.6 Å². The van der Waals surface area contributed by atoms with Crippen LogP contribution in [0.5, 0.6) is 0 Å². The second-order valence-electron chi connectivity index (χ2n) is 12.0. The normalized spacial score (nSPS) is 15.7. The molecular weight excluding hydrogens is 530 g/mol. The number of rotatable bonds is 8. The van der Waals surface area contributed by atoms with E-state index in [-0.39, 0.29) is 11.5 Å². The lowest BCUT2D eigenvalue weighted by atomic mass is 9.96. The standard InChI is InChI=1S/C33H34ClN7/c1-33(2,3)20-37-30-24(17-35)18-36-32-27(30)15-25(16-28(32)34)38-31(29-19-41(40-39-29)26-12-13-26)23-11-7-10-22(14-23)21-8-5-4-6-9-21/h4-11,14-16,18-19,26,31,38-40H,12-13,20H2,1-3H3,(H,36,37)/t31-/m0/s1. The van der Waals surface area contributed by atoms with E-state index in [1.54, 1.807) is 6.20 Å². The maximum Gasteiger partial charge on any atom is 0.103 e. The Morgan fingerprint density at radius 3 is 2.59 bits per heavy atom. The third kappa shape index (κ3) is 5.95. The molecular formula is C33H34ClN7. The minimum absolute atomic E-state index is 0.0257. The highest BCUT2D eigenvalue weighted by molar-refractivity contribution is 6.35. The third-order valence-corrected chi connectivity index (χ3v) is 7.63. The van der Waals surface area contributed by atoms with Crippen LogP contribution in [0.2, 0.25) is 5.02 Å². The first-order chi connectivity index (χ1) is 19.8. The lowest BCUT2D eigenvalue weighted by Crippen LogP contribution is -2.38. The summed E-state index contributed by atoms with van der Waals surface area (Å²) in [5.41, 5.74) is 13.9. The summed E-state index contributed by atoms with van der Waals surface area (Å²) in [7, 11) is 0. The van der Waals surface area contributed by atoms with Crippen molar-refractivity contribution in [1.29, 1.82) is 5.26 Å². The van der Waals surface area contributed by atoms with E-state index in [1.807, 2.05) is 18.2 Å². The molecule has 6 rings (SSSR count). The summed E-state index contributed by atoms with van der Waals surface area (Å²) >= 11 is 6.82. The van der Waals surface area contributed by atoms with Gasteiger partial charge in [-0.25, -0.2) is 0 Å².